The van der Waals surface area contributed by atoms with E-state index < -0.39 is 0 Å². The molecule has 0 aromatic heterocycles. The molecule has 0 saturated carbocycles. The van der Waals surface area contributed by atoms with Crippen molar-refractivity contribution in [2.75, 3.05) is 0 Å². The molecule has 12 heavy (non-hydrogen) atoms. The topological polar surface area (TPSA) is 38.4 Å². The van der Waals surface area contributed by atoms with E-state index in [4.69, 9.17) is 5.73 Å². The van der Waals surface area contributed by atoms with Crippen molar-refractivity contribution in [3.63, 3.8) is 0 Å². The summed E-state index contributed by atoms with van der Waals surface area (Å²) in [5.41, 5.74) is 6.59. The van der Waals surface area contributed by atoms with E-state index >= 15 is 0 Å². The van der Waals surface area contributed by atoms with Crippen LogP contribution in [0.15, 0.2) is 35.3 Å². The summed E-state index contributed by atoms with van der Waals surface area (Å²) < 4.78 is 1.12. The summed E-state index contributed by atoms with van der Waals surface area (Å²) in [4.78, 5) is 4.24. The molecule has 0 radical (unpaired) electrons. The minimum atomic E-state index is 0.635. The van der Waals surface area contributed by atoms with Crippen molar-refractivity contribution < 1.29 is 19.4 Å². The number of para-hydroxylation sites is 1. The van der Waals surface area contributed by atoms with Gasteiger partial charge in [0.15, 0.2) is 0 Å². The van der Waals surface area contributed by atoms with Crippen LogP contribution in [-0.2, 0) is 19.4 Å². The van der Waals surface area contributed by atoms with E-state index in [0.29, 0.717) is 5.84 Å². The molecule has 1 aromatic rings. The van der Waals surface area contributed by atoms with Gasteiger partial charge in [-0.05, 0) is 0 Å². The Morgan fingerprint density at radius 1 is 1.33 bits per heavy atom. The summed E-state index contributed by atoms with van der Waals surface area (Å²) in [5, 5.41) is 0. The first-order valence-corrected chi connectivity index (χ1v) is 5.07. The van der Waals surface area contributed by atoms with E-state index in [1.165, 1.54) is 19.4 Å². The van der Waals surface area contributed by atoms with E-state index in [-0.39, 0.29) is 0 Å². The average molecular weight is 330 g/mol. The molecule has 1 rings (SSSR count). The van der Waals surface area contributed by atoms with Gasteiger partial charge in [0.05, 0.1) is 0 Å². The van der Waals surface area contributed by atoms with Gasteiger partial charge >= 0.3 is 82.8 Å². The second-order valence-electron chi connectivity index (χ2n) is 2.39. The number of rotatable bonds is 2. The van der Waals surface area contributed by atoms with Crippen LogP contribution in [0.25, 0.3) is 0 Å². The van der Waals surface area contributed by atoms with E-state index in [9.17, 15) is 0 Å². The molecular weight excluding hydrogens is 320 g/mol. The number of nitrogens with zero attached hydrogens (tertiary/aromatic N) is 1. The SMILES string of the molecule is C[C](=[W])C(N)=Nc1ccccc1. The Kier molecular flexibility index (Phi) is 3.36. The first-order valence-electron chi connectivity index (χ1n) is 3.60. The van der Waals surface area contributed by atoms with Gasteiger partial charge < -0.3 is 0 Å². The molecule has 0 saturated heterocycles. The molecule has 0 fully saturated rings. The van der Waals surface area contributed by atoms with E-state index in [2.05, 4.69) is 4.99 Å². The van der Waals surface area contributed by atoms with Gasteiger partial charge in [-0.1, -0.05) is 0 Å². The van der Waals surface area contributed by atoms with Crippen molar-refractivity contribution in [3.05, 3.63) is 30.3 Å². The first-order chi connectivity index (χ1) is 5.70. The van der Waals surface area contributed by atoms with Crippen LogP contribution in [0.3, 0.4) is 0 Å². The average Bonchev–Trinajstić information content (AvgIpc) is 2.06. The predicted octanol–water partition coefficient (Wildman–Crippen LogP) is 1.41. The molecule has 0 unspecified atom stereocenters. The molecule has 2 N–H and O–H groups in total. The van der Waals surface area contributed by atoms with Crippen LogP contribution < -0.4 is 5.73 Å². The zero-order valence-electron chi connectivity index (χ0n) is 6.82. The third-order valence-electron chi connectivity index (χ3n) is 1.37. The molecule has 62 valence electrons. The van der Waals surface area contributed by atoms with E-state index in [1.807, 2.05) is 37.3 Å². The Hall–Kier alpha value is -0.752. The molecular formula is C9H10N2W. The summed E-state index contributed by atoms with van der Waals surface area (Å²) in [6, 6.07) is 9.73. The fraction of sp³-hybridized carbons (Fsp3) is 0.111. The molecule has 0 amide bonds. The van der Waals surface area contributed by atoms with Crippen LogP contribution in [0.1, 0.15) is 6.92 Å². The van der Waals surface area contributed by atoms with Crippen LogP contribution in [0.4, 0.5) is 5.69 Å². The fourth-order valence-corrected chi connectivity index (χ4v) is 0.884. The Morgan fingerprint density at radius 3 is 2.42 bits per heavy atom. The summed E-state index contributed by atoms with van der Waals surface area (Å²) >= 11 is 1.36. The van der Waals surface area contributed by atoms with Gasteiger partial charge in [-0.3, -0.25) is 0 Å². The monoisotopic (exact) mass is 330 g/mol. The third-order valence-corrected chi connectivity index (χ3v) is 2.12. The molecule has 1 aromatic carbocycles. The van der Waals surface area contributed by atoms with Gasteiger partial charge in [0.1, 0.15) is 0 Å². The van der Waals surface area contributed by atoms with Gasteiger partial charge in [0.2, 0.25) is 0 Å². The third kappa shape index (κ3) is 2.71. The zero-order chi connectivity index (χ0) is 8.97. The van der Waals surface area contributed by atoms with Crippen LogP contribution in [0, 0.1) is 0 Å². The van der Waals surface area contributed by atoms with E-state index in [0.717, 1.165) is 9.59 Å². The van der Waals surface area contributed by atoms with Crippen molar-refractivity contribution in [1.82, 2.24) is 0 Å². The maximum atomic E-state index is 5.68. The first kappa shape index (κ1) is 9.34. The number of hydrogen-bond donors (Lipinski definition) is 1. The van der Waals surface area contributed by atoms with Crippen molar-refractivity contribution >= 4 is 15.4 Å². The molecule has 0 atom stereocenters. The van der Waals surface area contributed by atoms with E-state index in [1.54, 1.807) is 0 Å². The van der Waals surface area contributed by atoms with Crippen molar-refractivity contribution in [2.45, 2.75) is 6.92 Å². The molecule has 2 nitrogen and oxygen atoms in total. The standard InChI is InChI=1S/C9H10N2.W/c1-2-9(10)11-8-6-4-3-5-7-8;/h3-7H,1H3,(H2,10,11);. The Balaban J connectivity index is 2.89. The second-order valence-corrected chi connectivity index (χ2v) is 4.59. The Bertz CT molecular complexity index is 304. The minimum absolute atomic E-state index is 0.635. The Labute approximate surface area is 82.9 Å². The van der Waals surface area contributed by atoms with Crippen LogP contribution >= 0.6 is 0 Å². The molecule has 0 spiro atoms. The summed E-state index contributed by atoms with van der Waals surface area (Å²) in [7, 11) is 0. The van der Waals surface area contributed by atoms with Gasteiger partial charge in [-0.2, -0.15) is 0 Å². The van der Waals surface area contributed by atoms with Gasteiger partial charge in [-0.15, -0.1) is 0 Å². The number of benzene rings is 1. The summed E-state index contributed by atoms with van der Waals surface area (Å²) in [6.45, 7) is 1.98. The molecule has 3 heteroatoms. The second kappa shape index (κ2) is 4.32. The Morgan fingerprint density at radius 2 is 1.92 bits per heavy atom. The number of amidine groups is 1. The molecule has 0 heterocycles. The van der Waals surface area contributed by atoms with Crippen molar-refractivity contribution in [3.8, 4) is 0 Å². The quantitative estimate of drug-likeness (QED) is 0.646. The number of aliphatic imine (C=N–C) groups is 1. The van der Waals surface area contributed by atoms with Crippen LogP contribution in [-0.4, -0.2) is 9.73 Å². The van der Waals surface area contributed by atoms with Crippen molar-refractivity contribution in [1.29, 1.82) is 0 Å². The summed E-state index contributed by atoms with van der Waals surface area (Å²) in [6.07, 6.45) is 0. The van der Waals surface area contributed by atoms with Crippen LogP contribution in [0.2, 0.25) is 0 Å². The zero-order valence-corrected chi connectivity index (χ0v) is 9.75. The van der Waals surface area contributed by atoms with Crippen molar-refractivity contribution in [2.24, 2.45) is 10.7 Å². The molecule has 0 aliphatic heterocycles. The molecule has 0 bridgehead atoms. The van der Waals surface area contributed by atoms with Gasteiger partial charge in [-0.25, -0.2) is 0 Å². The number of nitrogens with two attached hydrogens (primary N) is 1. The predicted molar refractivity (Wildman–Crippen MR) is 48.4 cm³/mol. The summed E-state index contributed by atoms with van der Waals surface area (Å²) in [5.74, 6) is 0.635. The molecule has 0 aliphatic rings. The molecule has 0 aliphatic carbocycles. The van der Waals surface area contributed by atoms with Crippen LogP contribution in [0.5, 0.6) is 0 Å². The maximum absolute atomic E-state index is 5.68. The normalized spacial score (nSPS) is 11.2. The number of hydrogen-bond acceptors (Lipinski definition) is 1. The van der Waals surface area contributed by atoms with Gasteiger partial charge in [0.25, 0.3) is 0 Å². The van der Waals surface area contributed by atoms with Gasteiger partial charge in [0, 0.05) is 0 Å². The fourth-order valence-electron chi connectivity index (χ4n) is 0.720.